The molecule has 130 valence electrons. The Labute approximate surface area is 154 Å². The van der Waals surface area contributed by atoms with Gasteiger partial charge in [-0.15, -0.1) is 0 Å². The van der Waals surface area contributed by atoms with Crippen molar-refractivity contribution in [1.82, 2.24) is 4.98 Å². The zero-order chi connectivity index (χ0) is 18.1. The van der Waals surface area contributed by atoms with E-state index in [1.54, 1.807) is 18.3 Å². The van der Waals surface area contributed by atoms with Gasteiger partial charge in [0.2, 0.25) is 0 Å². The number of fused-ring (bicyclic) bond motifs is 1. The van der Waals surface area contributed by atoms with E-state index in [4.69, 9.17) is 16.3 Å². The number of nitrogens with one attached hydrogen (secondary N) is 1. The predicted octanol–water partition coefficient (Wildman–Crippen LogP) is 4.73. The van der Waals surface area contributed by atoms with Crippen LogP contribution in [0.4, 0.5) is 10.2 Å². The smallest absolute Gasteiger partial charge is 0.259 e. The fourth-order valence-corrected chi connectivity index (χ4v) is 3.14. The quantitative estimate of drug-likeness (QED) is 0.727. The van der Waals surface area contributed by atoms with Gasteiger partial charge in [-0.2, -0.15) is 0 Å². The van der Waals surface area contributed by atoms with Crippen molar-refractivity contribution < 1.29 is 13.9 Å². The predicted molar refractivity (Wildman–Crippen MR) is 98.2 cm³/mol. The highest BCUT2D eigenvalue weighted by Gasteiger charge is 2.17. The van der Waals surface area contributed by atoms with E-state index in [0.29, 0.717) is 17.4 Å². The third kappa shape index (κ3) is 3.13. The van der Waals surface area contributed by atoms with Gasteiger partial charge in [-0.25, -0.2) is 9.37 Å². The highest BCUT2D eigenvalue weighted by atomic mass is 35.5. The number of ether oxygens (including phenoxy) is 1. The number of hydrogen-bond donors (Lipinski definition) is 1. The van der Waals surface area contributed by atoms with Crippen LogP contribution in [0.3, 0.4) is 0 Å². The van der Waals surface area contributed by atoms with Crippen molar-refractivity contribution in [2.24, 2.45) is 0 Å². The van der Waals surface area contributed by atoms with E-state index in [0.717, 1.165) is 28.9 Å². The molecule has 0 spiro atoms. The first-order chi connectivity index (χ1) is 12.6. The lowest BCUT2D eigenvalue weighted by Gasteiger charge is -2.09. The first-order valence-electron chi connectivity index (χ1n) is 8.09. The molecule has 4 nitrogen and oxygen atoms in total. The van der Waals surface area contributed by atoms with Crippen LogP contribution in [-0.2, 0) is 6.42 Å². The Morgan fingerprint density at radius 1 is 1.19 bits per heavy atom. The van der Waals surface area contributed by atoms with Crippen molar-refractivity contribution in [2.45, 2.75) is 6.42 Å². The Hall–Kier alpha value is -2.92. The molecule has 0 aliphatic carbocycles. The third-order valence-electron chi connectivity index (χ3n) is 4.21. The second kappa shape index (κ2) is 6.77. The van der Waals surface area contributed by atoms with Gasteiger partial charge < -0.3 is 10.1 Å². The Balaban J connectivity index is 1.56. The molecule has 1 N–H and O–H groups in total. The zero-order valence-electron chi connectivity index (χ0n) is 13.6. The molecule has 2 aromatic carbocycles. The van der Waals surface area contributed by atoms with Crippen molar-refractivity contribution in [2.75, 3.05) is 11.9 Å². The molecule has 1 aromatic heterocycles. The Kier molecular flexibility index (Phi) is 4.31. The van der Waals surface area contributed by atoms with E-state index in [1.165, 1.54) is 18.2 Å². The molecule has 0 saturated heterocycles. The van der Waals surface area contributed by atoms with Gasteiger partial charge in [-0.3, -0.25) is 4.79 Å². The van der Waals surface area contributed by atoms with Gasteiger partial charge in [-0.05, 0) is 42.0 Å². The number of benzene rings is 2. The lowest BCUT2D eigenvalue weighted by Crippen LogP contribution is -2.14. The molecule has 3 aromatic rings. The molecule has 1 aliphatic rings. The summed E-state index contributed by atoms with van der Waals surface area (Å²) in [6.07, 6.45) is 2.48. The van der Waals surface area contributed by atoms with E-state index in [9.17, 15) is 9.18 Å². The first-order valence-corrected chi connectivity index (χ1v) is 8.47. The highest BCUT2D eigenvalue weighted by Crippen LogP contribution is 2.36. The van der Waals surface area contributed by atoms with Crippen LogP contribution in [0, 0.1) is 5.82 Å². The number of carbonyl (C=O) groups excluding carboxylic acids is 1. The summed E-state index contributed by atoms with van der Waals surface area (Å²) in [4.78, 5) is 16.4. The molecule has 4 rings (SSSR count). The van der Waals surface area contributed by atoms with E-state index in [2.05, 4.69) is 10.3 Å². The van der Waals surface area contributed by atoms with Gasteiger partial charge in [0.25, 0.3) is 5.91 Å². The van der Waals surface area contributed by atoms with Crippen LogP contribution in [0.15, 0.2) is 54.7 Å². The van der Waals surface area contributed by atoms with Gasteiger partial charge in [0.05, 0.1) is 17.2 Å². The van der Waals surface area contributed by atoms with Gasteiger partial charge in [0.15, 0.2) is 0 Å². The number of aromatic nitrogens is 1. The maximum absolute atomic E-state index is 13.7. The van der Waals surface area contributed by atoms with E-state index in [-0.39, 0.29) is 5.56 Å². The van der Waals surface area contributed by atoms with E-state index >= 15 is 0 Å². The van der Waals surface area contributed by atoms with Gasteiger partial charge in [0, 0.05) is 23.7 Å². The molecule has 2 heterocycles. The summed E-state index contributed by atoms with van der Waals surface area (Å²) >= 11 is 6.34. The van der Waals surface area contributed by atoms with Crippen molar-refractivity contribution in [3.05, 3.63) is 76.7 Å². The van der Waals surface area contributed by atoms with Crippen LogP contribution >= 0.6 is 11.6 Å². The number of carbonyl (C=O) groups is 1. The average Bonchev–Trinajstić information content (AvgIpc) is 3.09. The van der Waals surface area contributed by atoms with Crippen LogP contribution in [0.1, 0.15) is 15.9 Å². The highest BCUT2D eigenvalue weighted by molar-refractivity contribution is 6.33. The Morgan fingerprint density at radius 2 is 2.04 bits per heavy atom. The summed E-state index contributed by atoms with van der Waals surface area (Å²) in [5.41, 5.74) is 2.77. The summed E-state index contributed by atoms with van der Waals surface area (Å²) in [5, 5.41) is 3.17. The van der Waals surface area contributed by atoms with Crippen LogP contribution in [0.25, 0.3) is 11.1 Å². The summed E-state index contributed by atoms with van der Waals surface area (Å²) in [6.45, 7) is 0.661. The minimum atomic E-state index is -0.575. The number of halogens is 2. The Morgan fingerprint density at radius 3 is 2.81 bits per heavy atom. The van der Waals surface area contributed by atoms with Crippen LogP contribution in [0.5, 0.6) is 5.75 Å². The maximum atomic E-state index is 13.7. The molecule has 6 heteroatoms. The van der Waals surface area contributed by atoms with Crippen LogP contribution < -0.4 is 10.1 Å². The second-order valence-electron chi connectivity index (χ2n) is 5.90. The van der Waals surface area contributed by atoms with E-state index < -0.39 is 11.7 Å². The molecule has 1 amide bonds. The fraction of sp³-hybridized carbons (Fsp3) is 0.100. The first kappa shape index (κ1) is 16.5. The second-order valence-corrected chi connectivity index (χ2v) is 6.31. The monoisotopic (exact) mass is 368 g/mol. The molecule has 0 fully saturated rings. The molecule has 0 unspecified atom stereocenters. The summed E-state index contributed by atoms with van der Waals surface area (Å²) < 4.78 is 19.2. The molecule has 0 radical (unpaired) electrons. The Bertz CT molecular complexity index is 990. The molecule has 0 bridgehead atoms. The normalized spacial score (nSPS) is 12.4. The lowest BCUT2D eigenvalue weighted by molar-refractivity contribution is 0.102. The zero-order valence-corrected chi connectivity index (χ0v) is 14.4. The fourth-order valence-electron chi connectivity index (χ4n) is 2.88. The third-order valence-corrected chi connectivity index (χ3v) is 4.53. The summed E-state index contributed by atoms with van der Waals surface area (Å²) in [5.74, 6) is 0.0351. The van der Waals surface area contributed by atoms with Gasteiger partial charge >= 0.3 is 0 Å². The number of pyridine rings is 1. The van der Waals surface area contributed by atoms with Crippen LogP contribution in [-0.4, -0.2) is 17.5 Å². The minimum Gasteiger partial charge on any atom is -0.493 e. The molecular formula is C20H14ClFN2O2. The maximum Gasteiger partial charge on any atom is 0.259 e. The van der Waals surface area contributed by atoms with Gasteiger partial charge in [-0.1, -0.05) is 23.7 Å². The molecule has 0 saturated carbocycles. The van der Waals surface area contributed by atoms with Gasteiger partial charge in [0.1, 0.15) is 17.4 Å². The van der Waals surface area contributed by atoms with Crippen molar-refractivity contribution in [3.8, 4) is 16.9 Å². The topological polar surface area (TPSA) is 51.2 Å². The molecule has 0 atom stereocenters. The average molecular weight is 369 g/mol. The standard InChI is InChI=1S/C20H14ClFN2O2/c21-16-10-18-12(7-8-26-18)9-15(16)13-5-6-19(23-11-13)24-20(25)14-3-1-2-4-17(14)22/h1-6,9-11H,7-8H2,(H,23,24,25). The number of hydrogen-bond acceptors (Lipinski definition) is 3. The van der Waals surface area contributed by atoms with Crippen molar-refractivity contribution in [3.63, 3.8) is 0 Å². The van der Waals surface area contributed by atoms with Crippen molar-refractivity contribution in [1.29, 1.82) is 0 Å². The minimum absolute atomic E-state index is 0.0277. The van der Waals surface area contributed by atoms with Crippen molar-refractivity contribution >= 4 is 23.3 Å². The summed E-state index contributed by atoms with van der Waals surface area (Å²) in [7, 11) is 0. The molecule has 26 heavy (non-hydrogen) atoms. The molecule has 1 aliphatic heterocycles. The number of amides is 1. The number of nitrogens with zero attached hydrogens (tertiary/aromatic N) is 1. The number of rotatable bonds is 3. The summed E-state index contributed by atoms with van der Waals surface area (Å²) in [6, 6.07) is 13.1. The SMILES string of the molecule is O=C(Nc1ccc(-c2cc3c(cc2Cl)OCC3)cn1)c1ccccc1F. The van der Waals surface area contributed by atoms with Crippen LogP contribution in [0.2, 0.25) is 5.02 Å². The lowest BCUT2D eigenvalue weighted by atomic mass is 10.0. The van der Waals surface area contributed by atoms with E-state index in [1.807, 2.05) is 18.2 Å². The largest absolute Gasteiger partial charge is 0.493 e. The number of anilines is 1. The molecular weight excluding hydrogens is 355 g/mol.